The zero-order chi connectivity index (χ0) is 9.84. The van der Waals surface area contributed by atoms with Gasteiger partial charge in [-0.15, -0.1) is 0 Å². The third-order valence-corrected chi connectivity index (χ3v) is 1.95. The predicted molar refractivity (Wildman–Crippen MR) is 55.9 cm³/mol. The maximum Gasteiger partial charge on any atom is 0.250 e. The van der Waals surface area contributed by atoms with Crippen molar-refractivity contribution in [3.05, 3.63) is 34.3 Å². The van der Waals surface area contributed by atoms with Crippen molar-refractivity contribution < 1.29 is 0 Å². The lowest BCUT2D eigenvalue weighted by Crippen LogP contribution is -2.18. The number of hydrogen-bond acceptors (Lipinski definition) is 2. The Morgan fingerprint density at radius 3 is 2.69 bits per heavy atom. The third kappa shape index (κ3) is 1.80. The zero-order valence-corrected chi connectivity index (χ0v) is 8.16. The van der Waals surface area contributed by atoms with Crippen LogP contribution in [0.3, 0.4) is 0 Å². The number of anilines is 1. The molecule has 13 heavy (non-hydrogen) atoms. The monoisotopic (exact) mass is 178 g/mol. The van der Waals surface area contributed by atoms with Crippen LogP contribution in [-0.2, 0) is 7.05 Å². The average molecular weight is 178 g/mol. The molecule has 3 nitrogen and oxygen atoms in total. The topological polar surface area (TPSA) is 34.0 Å². The van der Waals surface area contributed by atoms with Crippen molar-refractivity contribution in [2.75, 3.05) is 12.4 Å². The maximum absolute atomic E-state index is 11.3. The van der Waals surface area contributed by atoms with Crippen LogP contribution in [0.5, 0.6) is 0 Å². The zero-order valence-electron chi connectivity index (χ0n) is 8.16. The molecule has 0 spiro atoms. The summed E-state index contributed by atoms with van der Waals surface area (Å²) in [5.41, 5.74) is 1.87. The van der Waals surface area contributed by atoms with Gasteiger partial charge in [-0.2, -0.15) is 0 Å². The van der Waals surface area contributed by atoms with Gasteiger partial charge in [0.15, 0.2) is 0 Å². The van der Waals surface area contributed by atoms with Crippen LogP contribution in [0, 0.1) is 0 Å². The van der Waals surface area contributed by atoms with Crippen LogP contribution in [0.4, 0.5) is 5.69 Å². The Bertz CT molecular complexity index is 377. The molecule has 1 heterocycles. The minimum absolute atomic E-state index is 0.00657. The van der Waals surface area contributed by atoms with Gasteiger partial charge < -0.3 is 9.88 Å². The lowest BCUT2D eigenvalue weighted by molar-refractivity contribution is 0.849. The van der Waals surface area contributed by atoms with Crippen LogP contribution in [-0.4, -0.2) is 11.6 Å². The Hall–Kier alpha value is -1.51. The van der Waals surface area contributed by atoms with E-state index in [1.807, 2.05) is 26.1 Å². The third-order valence-electron chi connectivity index (χ3n) is 1.95. The van der Waals surface area contributed by atoms with E-state index in [9.17, 15) is 4.79 Å². The highest BCUT2D eigenvalue weighted by molar-refractivity contribution is 5.62. The van der Waals surface area contributed by atoms with Crippen LogP contribution < -0.4 is 10.9 Å². The minimum Gasteiger partial charge on any atom is -0.386 e. The van der Waals surface area contributed by atoms with Crippen molar-refractivity contribution in [3.8, 4) is 0 Å². The van der Waals surface area contributed by atoms with E-state index in [4.69, 9.17) is 0 Å². The Balaban J connectivity index is 3.41. The molecule has 70 valence electrons. The molecule has 0 atom stereocenters. The van der Waals surface area contributed by atoms with E-state index in [1.165, 1.54) is 0 Å². The predicted octanol–water partition coefficient (Wildman–Crippen LogP) is 1.46. The van der Waals surface area contributed by atoms with Gasteiger partial charge in [0.2, 0.25) is 0 Å². The molecule has 0 fully saturated rings. The summed E-state index contributed by atoms with van der Waals surface area (Å²) >= 11 is 0. The highest BCUT2D eigenvalue weighted by atomic mass is 16.1. The molecule has 1 rings (SSSR count). The first-order valence-electron chi connectivity index (χ1n) is 4.21. The molecular weight excluding hydrogens is 164 g/mol. The van der Waals surface area contributed by atoms with E-state index in [0.29, 0.717) is 0 Å². The number of allylic oxidation sites excluding steroid dienone is 1. The molecule has 0 aliphatic rings. The van der Waals surface area contributed by atoms with Gasteiger partial charge in [-0.1, -0.05) is 6.08 Å². The van der Waals surface area contributed by atoms with Gasteiger partial charge in [-0.25, -0.2) is 0 Å². The summed E-state index contributed by atoms with van der Waals surface area (Å²) in [5.74, 6) is 0. The molecule has 0 amide bonds. The number of rotatable bonds is 2. The highest BCUT2D eigenvalue weighted by Gasteiger charge is 2.01. The van der Waals surface area contributed by atoms with Gasteiger partial charge in [0.25, 0.3) is 5.56 Å². The van der Waals surface area contributed by atoms with E-state index >= 15 is 0 Å². The summed E-state index contributed by atoms with van der Waals surface area (Å²) in [5, 5.41) is 3.04. The van der Waals surface area contributed by atoms with Crippen molar-refractivity contribution in [1.29, 1.82) is 0 Å². The lowest BCUT2D eigenvalue weighted by atomic mass is 10.2. The molecule has 0 unspecified atom stereocenters. The molecular formula is C10H14N2O. The van der Waals surface area contributed by atoms with Gasteiger partial charge in [0, 0.05) is 20.2 Å². The summed E-state index contributed by atoms with van der Waals surface area (Å²) < 4.78 is 1.62. The van der Waals surface area contributed by atoms with Crippen LogP contribution in [0.25, 0.3) is 6.08 Å². The van der Waals surface area contributed by atoms with E-state index in [0.717, 1.165) is 11.4 Å². The Morgan fingerprint density at radius 1 is 1.46 bits per heavy atom. The molecule has 0 aliphatic heterocycles. The Morgan fingerprint density at radius 2 is 2.15 bits per heavy atom. The Labute approximate surface area is 77.7 Å². The number of aromatic nitrogens is 1. The molecule has 0 saturated carbocycles. The van der Waals surface area contributed by atoms with Crippen molar-refractivity contribution in [2.24, 2.45) is 7.05 Å². The molecule has 0 saturated heterocycles. The largest absolute Gasteiger partial charge is 0.386 e. The van der Waals surface area contributed by atoms with Crippen LogP contribution in [0.15, 0.2) is 23.0 Å². The summed E-state index contributed by atoms with van der Waals surface area (Å²) in [6.07, 6.45) is 3.82. The second-order valence-corrected chi connectivity index (χ2v) is 2.78. The molecule has 0 aliphatic carbocycles. The van der Waals surface area contributed by atoms with Crippen molar-refractivity contribution in [3.63, 3.8) is 0 Å². The van der Waals surface area contributed by atoms with Crippen molar-refractivity contribution in [1.82, 2.24) is 4.57 Å². The fourth-order valence-electron chi connectivity index (χ4n) is 1.22. The van der Waals surface area contributed by atoms with Gasteiger partial charge in [0.1, 0.15) is 0 Å². The standard InChI is InChI=1S/C10H14N2O/c1-4-5-9-8(11-2)6-7-10(13)12(9)3/h4-7,11H,1-3H3/b5-4-. The molecule has 0 aromatic carbocycles. The maximum atomic E-state index is 11.3. The summed E-state index contributed by atoms with van der Waals surface area (Å²) in [7, 11) is 3.60. The van der Waals surface area contributed by atoms with Crippen molar-refractivity contribution >= 4 is 11.8 Å². The van der Waals surface area contributed by atoms with Crippen LogP contribution in [0.1, 0.15) is 12.6 Å². The highest BCUT2D eigenvalue weighted by Crippen LogP contribution is 2.12. The first kappa shape index (κ1) is 9.58. The molecule has 0 bridgehead atoms. The first-order valence-corrected chi connectivity index (χ1v) is 4.21. The average Bonchev–Trinajstić information content (AvgIpc) is 2.14. The lowest BCUT2D eigenvalue weighted by Gasteiger charge is -2.09. The van der Waals surface area contributed by atoms with E-state index < -0.39 is 0 Å². The van der Waals surface area contributed by atoms with Crippen LogP contribution in [0.2, 0.25) is 0 Å². The number of nitrogens with zero attached hydrogens (tertiary/aromatic N) is 1. The summed E-state index contributed by atoms with van der Waals surface area (Å²) in [6.45, 7) is 1.93. The van der Waals surface area contributed by atoms with Crippen LogP contribution >= 0.6 is 0 Å². The van der Waals surface area contributed by atoms with Gasteiger partial charge in [0.05, 0.1) is 11.4 Å². The SMILES string of the molecule is C/C=C\c1c(NC)ccc(=O)n1C. The molecule has 3 heteroatoms. The number of nitrogens with one attached hydrogen (secondary N) is 1. The van der Waals surface area contributed by atoms with E-state index in [-0.39, 0.29) is 5.56 Å². The normalized spacial score (nSPS) is 10.7. The molecule has 1 N–H and O–H groups in total. The quantitative estimate of drug-likeness (QED) is 0.744. The molecule has 0 radical (unpaired) electrons. The fourth-order valence-corrected chi connectivity index (χ4v) is 1.22. The molecule has 1 aromatic heterocycles. The number of hydrogen-bond donors (Lipinski definition) is 1. The van der Waals surface area contributed by atoms with Gasteiger partial charge in [-0.3, -0.25) is 4.79 Å². The van der Waals surface area contributed by atoms with E-state index in [1.54, 1.807) is 23.7 Å². The van der Waals surface area contributed by atoms with Gasteiger partial charge >= 0.3 is 0 Å². The van der Waals surface area contributed by atoms with Crippen molar-refractivity contribution in [2.45, 2.75) is 6.92 Å². The molecule has 1 aromatic rings. The summed E-state index contributed by atoms with van der Waals surface area (Å²) in [4.78, 5) is 11.3. The second-order valence-electron chi connectivity index (χ2n) is 2.78. The fraction of sp³-hybridized carbons (Fsp3) is 0.300. The second kappa shape index (κ2) is 3.94. The van der Waals surface area contributed by atoms with Gasteiger partial charge in [-0.05, 0) is 19.1 Å². The Kier molecular flexibility index (Phi) is 2.90. The first-order chi connectivity index (χ1) is 6.20. The minimum atomic E-state index is 0.00657. The smallest absolute Gasteiger partial charge is 0.250 e. The number of pyridine rings is 1. The van der Waals surface area contributed by atoms with E-state index in [2.05, 4.69) is 5.32 Å². The summed E-state index contributed by atoms with van der Waals surface area (Å²) in [6, 6.07) is 3.34.